The van der Waals surface area contributed by atoms with Crippen LogP contribution in [0.1, 0.15) is 64.0 Å². The van der Waals surface area contributed by atoms with E-state index in [0.29, 0.717) is 5.92 Å². The Bertz CT molecular complexity index is 383. The number of hydrogen-bond acceptors (Lipinski definition) is 1. The molecule has 19 heavy (non-hydrogen) atoms. The lowest BCUT2D eigenvalue weighted by Gasteiger charge is -2.38. The van der Waals surface area contributed by atoms with Crippen molar-refractivity contribution in [3.8, 4) is 0 Å². The second kappa shape index (κ2) is 6.09. The second-order valence-corrected chi connectivity index (χ2v) is 6.32. The van der Waals surface area contributed by atoms with Gasteiger partial charge in [0.1, 0.15) is 0 Å². The summed E-state index contributed by atoms with van der Waals surface area (Å²) >= 11 is 0. The first-order valence-electron chi connectivity index (χ1n) is 7.89. The molecule has 2 rings (SSSR count). The minimum atomic E-state index is -0.662. The minimum Gasteiger partial charge on any atom is -0.385 e. The molecule has 1 nitrogen and oxygen atoms in total. The van der Waals surface area contributed by atoms with Crippen LogP contribution in [0.4, 0.5) is 0 Å². The van der Waals surface area contributed by atoms with Gasteiger partial charge in [-0.25, -0.2) is 0 Å². The van der Waals surface area contributed by atoms with Crippen LogP contribution < -0.4 is 0 Å². The van der Waals surface area contributed by atoms with Gasteiger partial charge < -0.3 is 5.11 Å². The van der Waals surface area contributed by atoms with Crippen molar-refractivity contribution < 1.29 is 5.11 Å². The van der Waals surface area contributed by atoms with Gasteiger partial charge in [0, 0.05) is 0 Å². The molecule has 0 amide bonds. The maximum Gasteiger partial charge on any atom is 0.0896 e. The Kier molecular flexibility index (Phi) is 4.67. The van der Waals surface area contributed by atoms with Crippen LogP contribution in [-0.2, 0) is 12.0 Å². The number of benzene rings is 1. The molecule has 1 unspecified atom stereocenters. The van der Waals surface area contributed by atoms with Crippen LogP contribution in [0.2, 0.25) is 0 Å². The number of rotatable bonds is 4. The van der Waals surface area contributed by atoms with Gasteiger partial charge in [-0.3, -0.25) is 0 Å². The Hall–Kier alpha value is -0.820. The van der Waals surface area contributed by atoms with Gasteiger partial charge in [-0.15, -0.1) is 0 Å². The van der Waals surface area contributed by atoms with Crippen LogP contribution in [0, 0.1) is 11.8 Å². The first-order chi connectivity index (χ1) is 9.07. The van der Waals surface area contributed by atoms with Crippen LogP contribution in [0.3, 0.4) is 0 Å². The van der Waals surface area contributed by atoms with E-state index in [1.54, 1.807) is 0 Å². The fourth-order valence-electron chi connectivity index (χ4n) is 3.45. The summed E-state index contributed by atoms with van der Waals surface area (Å²) in [7, 11) is 0. The zero-order valence-electron chi connectivity index (χ0n) is 12.7. The third kappa shape index (κ3) is 3.20. The van der Waals surface area contributed by atoms with E-state index in [-0.39, 0.29) is 0 Å². The monoisotopic (exact) mass is 260 g/mol. The van der Waals surface area contributed by atoms with Crippen molar-refractivity contribution in [2.24, 2.45) is 11.8 Å². The van der Waals surface area contributed by atoms with E-state index in [1.807, 2.05) is 6.92 Å². The van der Waals surface area contributed by atoms with Crippen LogP contribution in [-0.4, -0.2) is 5.11 Å². The summed E-state index contributed by atoms with van der Waals surface area (Å²) < 4.78 is 0. The highest BCUT2D eigenvalue weighted by Crippen LogP contribution is 2.41. The first-order valence-corrected chi connectivity index (χ1v) is 7.89. The largest absolute Gasteiger partial charge is 0.385 e. The summed E-state index contributed by atoms with van der Waals surface area (Å²) in [6.07, 6.45) is 7.25. The van der Waals surface area contributed by atoms with Crippen molar-refractivity contribution in [2.45, 2.75) is 64.9 Å². The van der Waals surface area contributed by atoms with Crippen molar-refractivity contribution >= 4 is 0 Å². The van der Waals surface area contributed by atoms with Crippen LogP contribution >= 0.6 is 0 Å². The van der Waals surface area contributed by atoms with E-state index in [0.717, 1.165) is 17.9 Å². The zero-order valence-corrected chi connectivity index (χ0v) is 12.7. The molecule has 1 saturated carbocycles. The second-order valence-electron chi connectivity index (χ2n) is 6.32. The van der Waals surface area contributed by atoms with Gasteiger partial charge in [-0.05, 0) is 49.1 Å². The number of aryl methyl sites for hydroxylation is 1. The van der Waals surface area contributed by atoms with Gasteiger partial charge >= 0.3 is 0 Å². The third-order valence-electron chi connectivity index (χ3n) is 5.17. The van der Waals surface area contributed by atoms with Crippen LogP contribution in [0.5, 0.6) is 0 Å². The Balaban J connectivity index is 2.08. The highest BCUT2D eigenvalue weighted by molar-refractivity contribution is 5.27. The molecule has 1 aromatic carbocycles. The lowest BCUT2D eigenvalue weighted by atomic mass is 9.71. The molecule has 0 aromatic heterocycles. The molecule has 0 aliphatic heterocycles. The van der Waals surface area contributed by atoms with Crippen LogP contribution in [0.25, 0.3) is 0 Å². The van der Waals surface area contributed by atoms with Gasteiger partial charge in [0.15, 0.2) is 0 Å². The summed E-state index contributed by atoms with van der Waals surface area (Å²) in [5, 5.41) is 10.9. The maximum absolute atomic E-state index is 10.9. The molecule has 1 atom stereocenters. The molecule has 1 N–H and O–H groups in total. The molecule has 1 fully saturated rings. The molecule has 1 aromatic rings. The van der Waals surface area contributed by atoms with Gasteiger partial charge in [0.25, 0.3) is 0 Å². The predicted molar refractivity (Wildman–Crippen MR) is 81.1 cm³/mol. The normalized spacial score (nSPS) is 26.9. The first kappa shape index (κ1) is 14.6. The van der Waals surface area contributed by atoms with E-state index < -0.39 is 5.60 Å². The van der Waals surface area contributed by atoms with Crippen molar-refractivity contribution in [3.63, 3.8) is 0 Å². The van der Waals surface area contributed by atoms with Crippen molar-refractivity contribution in [1.29, 1.82) is 0 Å². The molecule has 106 valence electrons. The van der Waals surface area contributed by atoms with Gasteiger partial charge in [0.2, 0.25) is 0 Å². The van der Waals surface area contributed by atoms with Crippen molar-refractivity contribution in [1.82, 2.24) is 0 Å². The van der Waals surface area contributed by atoms with E-state index in [2.05, 4.69) is 38.1 Å². The average molecular weight is 260 g/mol. The summed E-state index contributed by atoms with van der Waals surface area (Å²) in [5.74, 6) is 1.30. The summed E-state index contributed by atoms with van der Waals surface area (Å²) in [6, 6.07) is 8.54. The van der Waals surface area contributed by atoms with Crippen LogP contribution in [0.15, 0.2) is 24.3 Å². The van der Waals surface area contributed by atoms with E-state index in [9.17, 15) is 5.11 Å². The average Bonchev–Trinajstić information content (AvgIpc) is 2.47. The predicted octanol–water partition coefficient (Wildman–Crippen LogP) is 4.67. The molecule has 1 aliphatic rings. The highest BCUT2D eigenvalue weighted by atomic mass is 16.3. The molecular weight excluding hydrogens is 232 g/mol. The zero-order chi connectivity index (χ0) is 13.9. The van der Waals surface area contributed by atoms with E-state index in [4.69, 9.17) is 0 Å². The molecule has 0 bridgehead atoms. The minimum absolute atomic E-state index is 0.419. The molecular formula is C18H28O. The fourth-order valence-corrected chi connectivity index (χ4v) is 3.45. The molecule has 0 radical (unpaired) electrons. The molecule has 1 aliphatic carbocycles. The summed E-state index contributed by atoms with van der Waals surface area (Å²) in [6.45, 7) is 6.46. The Labute approximate surface area is 118 Å². The van der Waals surface area contributed by atoms with Crippen molar-refractivity contribution in [3.05, 3.63) is 35.4 Å². The summed E-state index contributed by atoms with van der Waals surface area (Å²) in [5.41, 5.74) is 1.77. The van der Waals surface area contributed by atoms with Gasteiger partial charge in [-0.1, -0.05) is 57.4 Å². The lowest BCUT2D eigenvalue weighted by molar-refractivity contribution is -0.0276. The van der Waals surface area contributed by atoms with Crippen molar-refractivity contribution in [2.75, 3.05) is 0 Å². The molecule has 0 heterocycles. The highest BCUT2D eigenvalue weighted by Gasteiger charge is 2.35. The Morgan fingerprint density at radius 1 is 1.05 bits per heavy atom. The van der Waals surface area contributed by atoms with E-state index in [1.165, 1.54) is 37.7 Å². The standard InChI is InChI=1S/C18H28O/c1-4-14-6-10-16(11-7-14)18(3,19)17-12-8-15(5-2)9-13-17/h6-7,10-11,15,17,19H,4-5,8-9,12-13H2,1-3H3. The topological polar surface area (TPSA) is 20.2 Å². The maximum atomic E-state index is 10.9. The molecule has 0 spiro atoms. The van der Waals surface area contributed by atoms with Gasteiger partial charge in [0.05, 0.1) is 5.60 Å². The quantitative estimate of drug-likeness (QED) is 0.834. The number of hydrogen-bond donors (Lipinski definition) is 1. The fraction of sp³-hybridized carbons (Fsp3) is 0.667. The smallest absolute Gasteiger partial charge is 0.0896 e. The molecule has 1 heteroatoms. The van der Waals surface area contributed by atoms with Gasteiger partial charge in [-0.2, -0.15) is 0 Å². The number of aliphatic hydroxyl groups is 1. The third-order valence-corrected chi connectivity index (χ3v) is 5.17. The lowest BCUT2D eigenvalue weighted by Crippen LogP contribution is -2.34. The SMILES string of the molecule is CCc1ccc(C(C)(O)C2CCC(CC)CC2)cc1. The Morgan fingerprint density at radius 3 is 2.11 bits per heavy atom. The van der Waals surface area contributed by atoms with E-state index >= 15 is 0 Å². The summed E-state index contributed by atoms with van der Waals surface area (Å²) in [4.78, 5) is 0. The Morgan fingerprint density at radius 2 is 1.63 bits per heavy atom. The molecule has 0 saturated heterocycles.